The van der Waals surface area contributed by atoms with Crippen LogP contribution in [0.2, 0.25) is 0 Å². The first-order chi connectivity index (χ1) is 19.9. The summed E-state index contributed by atoms with van der Waals surface area (Å²) in [6.45, 7) is 0. The van der Waals surface area contributed by atoms with Crippen LogP contribution in [-0.2, 0) is 30.4 Å². The van der Waals surface area contributed by atoms with E-state index in [1.54, 1.807) is 0 Å². The Bertz CT molecular complexity index is 2200. The maximum absolute atomic E-state index is 12.1. The molecule has 0 unspecified atom stereocenters. The molecule has 0 fully saturated rings. The van der Waals surface area contributed by atoms with Gasteiger partial charge in [0.15, 0.2) is 5.75 Å². The molecule has 20 heteroatoms. The van der Waals surface area contributed by atoms with Crippen LogP contribution in [0.3, 0.4) is 0 Å². The SMILES string of the molecule is O=C(O)c1cc(N=Nc2ccc(S(=O)(=O)O)cc2)ccc1N=Nc1c(S(=O)(=O)O)cc2cc(S(=O)(=O)O)cc(Br)c2c1O. The molecule has 5 N–H and O–H groups in total. The van der Waals surface area contributed by atoms with Crippen LogP contribution in [0.1, 0.15) is 10.4 Å². The Morgan fingerprint density at radius 3 is 1.81 bits per heavy atom. The average molecular weight is 715 g/mol. The van der Waals surface area contributed by atoms with E-state index in [1.165, 1.54) is 18.2 Å². The zero-order valence-corrected chi connectivity index (χ0v) is 24.8. The number of halogens is 1. The van der Waals surface area contributed by atoms with E-state index < -0.39 is 63.1 Å². The molecule has 4 aromatic rings. The average Bonchev–Trinajstić information content (AvgIpc) is 2.89. The number of aromatic hydroxyl groups is 1. The topological polar surface area (TPSA) is 270 Å². The number of rotatable bonds is 8. The molecule has 0 spiro atoms. The van der Waals surface area contributed by atoms with Gasteiger partial charge in [0.05, 0.1) is 26.7 Å². The molecule has 16 nitrogen and oxygen atoms in total. The molecule has 0 aliphatic rings. The van der Waals surface area contributed by atoms with Crippen molar-refractivity contribution >= 4 is 85.8 Å². The van der Waals surface area contributed by atoms with Crippen LogP contribution in [0.5, 0.6) is 5.75 Å². The van der Waals surface area contributed by atoms with Crippen LogP contribution in [0.15, 0.2) is 100 Å². The fourth-order valence-corrected chi connectivity index (χ4v) is 6.10. The summed E-state index contributed by atoms with van der Waals surface area (Å²) < 4.78 is 97.7. The molecule has 4 aromatic carbocycles. The third kappa shape index (κ3) is 7.07. The van der Waals surface area contributed by atoms with Gasteiger partial charge in [-0.1, -0.05) is 0 Å². The molecule has 4 rings (SSSR count). The smallest absolute Gasteiger partial charge is 0.338 e. The van der Waals surface area contributed by atoms with Crippen LogP contribution >= 0.6 is 15.9 Å². The van der Waals surface area contributed by atoms with Crippen molar-refractivity contribution in [2.24, 2.45) is 20.5 Å². The van der Waals surface area contributed by atoms with Gasteiger partial charge in [-0.2, -0.15) is 35.5 Å². The lowest BCUT2D eigenvalue weighted by Gasteiger charge is -2.11. The summed E-state index contributed by atoms with van der Waals surface area (Å²) in [5.74, 6) is -2.40. The minimum Gasteiger partial charge on any atom is -0.505 e. The van der Waals surface area contributed by atoms with Gasteiger partial charge in [-0.05, 0) is 82.0 Å². The Labute approximate surface area is 250 Å². The van der Waals surface area contributed by atoms with E-state index in [-0.39, 0.29) is 37.2 Å². The number of carboxylic acids is 1. The predicted molar refractivity (Wildman–Crippen MR) is 151 cm³/mol. The molecule has 0 aromatic heterocycles. The highest BCUT2D eigenvalue weighted by molar-refractivity contribution is 9.10. The van der Waals surface area contributed by atoms with Gasteiger partial charge >= 0.3 is 5.97 Å². The van der Waals surface area contributed by atoms with E-state index in [1.807, 2.05) is 0 Å². The lowest BCUT2D eigenvalue weighted by atomic mass is 10.1. The number of fused-ring (bicyclic) bond motifs is 1. The monoisotopic (exact) mass is 714 g/mol. The van der Waals surface area contributed by atoms with Gasteiger partial charge in [0.1, 0.15) is 16.3 Å². The maximum Gasteiger partial charge on any atom is 0.338 e. The summed E-state index contributed by atoms with van der Waals surface area (Å²) >= 11 is 3.02. The van der Waals surface area contributed by atoms with E-state index in [2.05, 4.69) is 36.4 Å². The van der Waals surface area contributed by atoms with Crippen molar-refractivity contribution in [1.29, 1.82) is 0 Å². The second-order valence-electron chi connectivity index (χ2n) is 8.40. The number of phenolic OH excluding ortho intramolecular Hbond substituents is 1. The summed E-state index contributed by atoms with van der Waals surface area (Å²) in [4.78, 5) is 9.86. The zero-order chi connectivity index (χ0) is 31.9. The number of azo groups is 2. The zero-order valence-electron chi connectivity index (χ0n) is 20.8. The second-order valence-corrected chi connectivity index (χ2v) is 13.5. The first-order valence-electron chi connectivity index (χ1n) is 11.1. The third-order valence-electron chi connectivity index (χ3n) is 5.53. The van der Waals surface area contributed by atoms with Gasteiger partial charge in [-0.3, -0.25) is 13.7 Å². The van der Waals surface area contributed by atoms with Gasteiger partial charge in [0.25, 0.3) is 30.4 Å². The van der Waals surface area contributed by atoms with E-state index in [9.17, 15) is 49.4 Å². The van der Waals surface area contributed by atoms with Crippen LogP contribution in [0, 0.1) is 0 Å². The molecule has 0 saturated heterocycles. The molecular weight excluding hydrogens is 700 g/mol. The van der Waals surface area contributed by atoms with Gasteiger partial charge in [-0.15, -0.1) is 10.2 Å². The largest absolute Gasteiger partial charge is 0.505 e. The van der Waals surface area contributed by atoms with Gasteiger partial charge in [0.2, 0.25) is 0 Å². The minimum atomic E-state index is -5.12. The van der Waals surface area contributed by atoms with Gasteiger partial charge < -0.3 is 10.2 Å². The highest BCUT2D eigenvalue weighted by Gasteiger charge is 2.25. The number of hydrogen-bond acceptors (Lipinski definition) is 12. The molecule has 0 heterocycles. The highest BCUT2D eigenvalue weighted by atomic mass is 79.9. The Balaban J connectivity index is 1.78. The number of phenols is 1. The first kappa shape index (κ1) is 31.7. The highest BCUT2D eigenvalue weighted by Crippen LogP contribution is 2.45. The van der Waals surface area contributed by atoms with E-state index in [4.69, 9.17) is 4.55 Å². The minimum absolute atomic E-state index is 0.000883. The number of aromatic carboxylic acids is 1. The van der Waals surface area contributed by atoms with Gasteiger partial charge in [-0.25, -0.2) is 4.79 Å². The standard InChI is InChI=1S/C23H15BrN4O12S3/c24-17-10-15(42(35,36)37)7-11-8-19(43(38,39)40)21(22(29)20(11)17)28-27-18-6-3-13(9-16(18)23(30)31)26-25-12-1-4-14(5-2-12)41(32,33)34/h1-10,29H,(H,30,31)(H,32,33,34)(H,35,36,37)(H,38,39,40). The van der Waals surface area contributed by atoms with E-state index in [0.717, 1.165) is 42.5 Å². The summed E-state index contributed by atoms with van der Waals surface area (Å²) in [6, 6.07) is 10.6. The van der Waals surface area contributed by atoms with Crippen molar-refractivity contribution < 1.29 is 53.9 Å². The molecule has 0 aliphatic heterocycles. The number of nitrogens with zero attached hydrogens (tertiary/aromatic N) is 4. The molecule has 0 radical (unpaired) electrons. The normalized spacial score (nSPS) is 12.8. The molecule has 43 heavy (non-hydrogen) atoms. The van der Waals surface area contributed by atoms with Crippen molar-refractivity contribution in [1.82, 2.24) is 0 Å². The number of carbonyl (C=O) groups is 1. The maximum atomic E-state index is 12.1. The van der Waals surface area contributed by atoms with Crippen molar-refractivity contribution in [2.45, 2.75) is 14.7 Å². The van der Waals surface area contributed by atoms with Crippen molar-refractivity contribution in [3.05, 3.63) is 70.7 Å². The second kappa shape index (κ2) is 11.5. The van der Waals surface area contributed by atoms with E-state index in [0.29, 0.717) is 0 Å². The quantitative estimate of drug-likeness (QED) is 0.111. The molecule has 0 saturated carbocycles. The fraction of sp³-hybridized carbons (Fsp3) is 0. The Kier molecular flexibility index (Phi) is 8.48. The number of benzene rings is 4. The molecule has 0 atom stereocenters. The number of carboxylic acid groups (broad SMARTS) is 1. The van der Waals surface area contributed by atoms with Crippen LogP contribution in [-0.4, -0.2) is 55.1 Å². The van der Waals surface area contributed by atoms with Gasteiger partial charge in [0, 0.05) is 9.86 Å². The number of hydrogen-bond donors (Lipinski definition) is 5. The Morgan fingerprint density at radius 1 is 0.674 bits per heavy atom. The molecule has 0 aliphatic carbocycles. The van der Waals surface area contributed by atoms with Crippen LogP contribution < -0.4 is 0 Å². The van der Waals surface area contributed by atoms with Crippen molar-refractivity contribution in [3.63, 3.8) is 0 Å². The predicted octanol–water partition coefficient (Wildman–Crippen LogP) is 5.58. The van der Waals surface area contributed by atoms with E-state index >= 15 is 0 Å². The Hall–Kier alpha value is -4.18. The lowest BCUT2D eigenvalue weighted by molar-refractivity contribution is 0.0697. The lowest BCUT2D eigenvalue weighted by Crippen LogP contribution is -2.01. The van der Waals surface area contributed by atoms with Crippen LogP contribution in [0.4, 0.5) is 22.7 Å². The molecule has 0 bridgehead atoms. The van der Waals surface area contributed by atoms with Crippen LogP contribution in [0.25, 0.3) is 10.8 Å². The van der Waals surface area contributed by atoms with Crippen molar-refractivity contribution in [3.8, 4) is 5.75 Å². The third-order valence-corrected chi connectivity index (χ3v) is 8.73. The molecule has 224 valence electrons. The summed E-state index contributed by atoms with van der Waals surface area (Å²) in [5, 5.41) is 35.2. The summed E-state index contributed by atoms with van der Waals surface area (Å²) in [6.07, 6.45) is 0. The first-order valence-corrected chi connectivity index (χ1v) is 16.2. The Morgan fingerprint density at radius 2 is 1.26 bits per heavy atom. The fourth-order valence-electron chi connectivity index (χ4n) is 3.60. The van der Waals surface area contributed by atoms with Crippen molar-refractivity contribution in [2.75, 3.05) is 0 Å². The molecular formula is C23H15BrN4O12S3. The summed E-state index contributed by atoms with van der Waals surface area (Å²) in [7, 11) is -14.3. The molecule has 0 amide bonds. The summed E-state index contributed by atoms with van der Waals surface area (Å²) in [5.41, 5.74) is -1.49.